The van der Waals surface area contributed by atoms with E-state index in [0.29, 0.717) is 17.4 Å². The highest BCUT2D eigenvalue weighted by atomic mass is 35.5. The molecule has 2 aromatic heterocycles. The minimum atomic E-state index is -4.55. The van der Waals surface area contributed by atoms with Crippen LogP contribution in [0.2, 0.25) is 5.02 Å². The van der Waals surface area contributed by atoms with Crippen molar-refractivity contribution in [2.75, 3.05) is 24.4 Å². The molecule has 0 aliphatic rings. The van der Waals surface area contributed by atoms with Gasteiger partial charge in [0.25, 0.3) is 0 Å². The third kappa shape index (κ3) is 6.98. The van der Waals surface area contributed by atoms with Gasteiger partial charge in [-0.15, -0.1) is 0 Å². The minimum Gasteiger partial charge on any atom is -0.465 e. The van der Waals surface area contributed by atoms with E-state index in [1.807, 2.05) is 0 Å². The number of carbonyl (C=O) groups excluding carboxylic acids is 1. The molecule has 0 spiro atoms. The molecule has 168 valence electrons. The minimum absolute atomic E-state index is 0.133. The Labute approximate surface area is 185 Å². The first-order chi connectivity index (χ1) is 15.2. The highest BCUT2D eigenvalue weighted by Crippen LogP contribution is 2.22. The molecular formula is C20H17ClF3N5O3. The number of nitrogens with zero attached hydrogens (tertiary/aromatic N) is 3. The fourth-order valence-corrected chi connectivity index (χ4v) is 2.55. The molecule has 0 amide bonds. The normalized spacial score (nSPS) is 11.0. The average Bonchev–Trinajstić information content (AvgIpc) is 2.77. The van der Waals surface area contributed by atoms with Crippen LogP contribution in [0, 0.1) is 0 Å². The Hall–Kier alpha value is -3.60. The molecule has 0 saturated carbocycles. The summed E-state index contributed by atoms with van der Waals surface area (Å²) in [5, 5.41) is 6.42. The van der Waals surface area contributed by atoms with Crippen molar-refractivity contribution in [1.29, 1.82) is 0 Å². The Balaban J connectivity index is 1.78. The zero-order valence-electron chi connectivity index (χ0n) is 16.6. The number of halogens is 4. The number of nitrogens with one attached hydrogen (secondary N) is 2. The second-order valence-corrected chi connectivity index (χ2v) is 6.79. The number of hydrogen-bond donors (Lipinski definition) is 2. The standard InChI is InChI=1S/C20H17ClF3N5O3/c1-31-18(30)13-4-7-15(26-10-13)27-17-8-16(25-9-12-2-5-14(21)6-3-12)28-19(29-17)32-11-20(22,23)24/h2-8,10H,9,11H2,1H3,(H2,25,26,27,28,29). The third-order valence-electron chi connectivity index (χ3n) is 3.90. The molecule has 0 aliphatic carbocycles. The Morgan fingerprint density at radius 3 is 2.41 bits per heavy atom. The van der Waals surface area contributed by atoms with Gasteiger partial charge in [0.15, 0.2) is 6.61 Å². The lowest BCUT2D eigenvalue weighted by Gasteiger charge is -2.13. The number of ether oxygens (including phenoxy) is 2. The van der Waals surface area contributed by atoms with Crippen LogP contribution in [-0.4, -0.2) is 40.8 Å². The summed E-state index contributed by atoms with van der Waals surface area (Å²) in [6.07, 6.45) is -3.26. The molecule has 2 heterocycles. The molecule has 0 atom stereocenters. The van der Waals surface area contributed by atoms with E-state index in [9.17, 15) is 18.0 Å². The first-order valence-corrected chi connectivity index (χ1v) is 9.48. The van der Waals surface area contributed by atoms with Crippen LogP contribution in [0.1, 0.15) is 15.9 Å². The van der Waals surface area contributed by atoms with Gasteiger partial charge in [-0.1, -0.05) is 23.7 Å². The Kier molecular flexibility index (Phi) is 7.31. The van der Waals surface area contributed by atoms with Crippen LogP contribution in [-0.2, 0) is 11.3 Å². The summed E-state index contributed by atoms with van der Waals surface area (Å²) in [6.45, 7) is -1.21. The lowest BCUT2D eigenvalue weighted by atomic mass is 10.2. The predicted octanol–water partition coefficient (Wildman–Crippen LogP) is 4.61. The first-order valence-electron chi connectivity index (χ1n) is 9.10. The number of methoxy groups -OCH3 is 1. The van der Waals surface area contributed by atoms with Gasteiger partial charge in [-0.25, -0.2) is 9.78 Å². The number of hydrogen-bond acceptors (Lipinski definition) is 8. The highest BCUT2D eigenvalue weighted by molar-refractivity contribution is 6.30. The van der Waals surface area contributed by atoms with Crippen LogP contribution < -0.4 is 15.4 Å². The second-order valence-electron chi connectivity index (χ2n) is 6.35. The van der Waals surface area contributed by atoms with Crippen molar-refractivity contribution < 1.29 is 27.4 Å². The van der Waals surface area contributed by atoms with Gasteiger partial charge in [-0.3, -0.25) is 0 Å². The van der Waals surface area contributed by atoms with Crippen LogP contribution >= 0.6 is 11.6 Å². The quantitative estimate of drug-likeness (QED) is 0.463. The monoisotopic (exact) mass is 467 g/mol. The van der Waals surface area contributed by atoms with Crippen molar-refractivity contribution >= 4 is 35.0 Å². The van der Waals surface area contributed by atoms with Gasteiger partial charge in [-0.05, 0) is 29.8 Å². The number of pyridine rings is 1. The van der Waals surface area contributed by atoms with E-state index in [1.165, 1.54) is 31.5 Å². The number of aromatic nitrogens is 3. The van der Waals surface area contributed by atoms with Gasteiger partial charge in [0.2, 0.25) is 0 Å². The Morgan fingerprint density at radius 1 is 1.06 bits per heavy atom. The third-order valence-corrected chi connectivity index (χ3v) is 4.15. The average molecular weight is 468 g/mol. The van der Waals surface area contributed by atoms with Crippen molar-refractivity contribution in [2.24, 2.45) is 0 Å². The number of anilines is 3. The molecule has 3 rings (SSSR count). The second kappa shape index (κ2) is 10.1. The molecule has 0 radical (unpaired) electrons. The zero-order chi connectivity index (χ0) is 23.1. The summed E-state index contributed by atoms with van der Waals surface area (Å²) in [4.78, 5) is 23.5. The summed E-state index contributed by atoms with van der Waals surface area (Å²) < 4.78 is 47.0. The molecule has 32 heavy (non-hydrogen) atoms. The van der Waals surface area contributed by atoms with E-state index in [1.54, 1.807) is 24.3 Å². The van der Waals surface area contributed by atoms with Crippen molar-refractivity contribution in [3.63, 3.8) is 0 Å². The molecule has 0 aliphatic heterocycles. The zero-order valence-corrected chi connectivity index (χ0v) is 17.4. The first kappa shape index (κ1) is 23.1. The topological polar surface area (TPSA) is 98.3 Å². The number of benzene rings is 1. The van der Waals surface area contributed by atoms with Crippen molar-refractivity contribution in [3.8, 4) is 6.01 Å². The maximum absolute atomic E-state index is 12.6. The summed E-state index contributed by atoms with van der Waals surface area (Å²) in [6, 6.07) is 11.0. The van der Waals surface area contributed by atoms with Crippen LogP contribution in [0.15, 0.2) is 48.7 Å². The molecular weight excluding hydrogens is 451 g/mol. The highest BCUT2D eigenvalue weighted by Gasteiger charge is 2.29. The van der Waals surface area contributed by atoms with Gasteiger partial charge in [0, 0.05) is 23.8 Å². The van der Waals surface area contributed by atoms with Gasteiger partial charge in [0.1, 0.15) is 17.5 Å². The fourth-order valence-electron chi connectivity index (χ4n) is 2.42. The summed E-state index contributed by atoms with van der Waals surface area (Å²) in [7, 11) is 1.25. The Morgan fingerprint density at radius 2 is 1.78 bits per heavy atom. The van der Waals surface area contributed by atoms with E-state index >= 15 is 0 Å². The maximum Gasteiger partial charge on any atom is 0.422 e. The fraction of sp³-hybridized carbons (Fsp3) is 0.200. The smallest absolute Gasteiger partial charge is 0.422 e. The number of carbonyl (C=O) groups is 1. The summed E-state index contributed by atoms with van der Waals surface area (Å²) in [5.74, 6) is 0.0966. The molecule has 8 nitrogen and oxygen atoms in total. The van der Waals surface area contributed by atoms with Gasteiger partial charge >= 0.3 is 18.2 Å². The van der Waals surface area contributed by atoms with Gasteiger partial charge < -0.3 is 20.1 Å². The Bertz CT molecular complexity index is 1060. The summed E-state index contributed by atoms with van der Waals surface area (Å²) >= 11 is 5.87. The lowest BCUT2D eigenvalue weighted by Crippen LogP contribution is -2.20. The molecule has 0 saturated heterocycles. The van der Waals surface area contributed by atoms with E-state index < -0.39 is 24.8 Å². The molecule has 0 fully saturated rings. The van der Waals surface area contributed by atoms with Gasteiger partial charge in [0.05, 0.1) is 12.7 Å². The van der Waals surface area contributed by atoms with Crippen molar-refractivity contribution in [1.82, 2.24) is 15.0 Å². The van der Waals surface area contributed by atoms with E-state index in [0.717, 1.165) is 5.56 Å². The molecule has 3 aromatic rings. The molecule has 0 bridgehead atoms. The SMILES string of the molecule is COC(=O)c1ccc(Nc2cc(NCc3ccc(Cl)cc3)nc(OCC(F)(F)F)n2)nc1. The maximum atomic E-state index is 12.6. The van der Waals surface area contributed by atoms with Crippen molar-refractivity contribution in [2.45, 2.75) is 12.7 Å². The largest absolute Gasteiger partial charge is 0.465 e. The predicted molar refractivity (Wildman–Crippen MR) is 111 cm³/mol. The number of rotatable bonds is 8. The van der Waals surface area contributed by atoms with E-state index in [2.05, 4.69) is 30.3 Å². The number of esters is 1. The molecule has 2 N–H and O–H groups in total. The molecule has 1 aromatic carbocycles. The van der Waals surface area contributed by atoms with E-state index in [4.69, 9.17) is 16.3 Å². The number of alkyl halides is 3. The van der Waals surface area contributed by atoms with Crippen molar-refractivity contribution in [3.05, 3.63) is 64.8 Å². The van der Waals surface area contributed by atoms with Crippen LogP contribution in [0.5, 0.6) is 6.01 Å². The van der Waals surface area contributed by atoms with Gasteiger partial charge in [-0.2, -0.15) is 23.1 Å². The van der Waals surface area contributed by atoms with Crippen LogP contribution in [0.25, 0.3) is 0 Å². The molecule has 0 unspecified atom stereocenters. The molecule has 12 heteroatoms. The van der Waals surface area contributed by atoms with Crippen LogP contribution in [0.4, 0.5) is 30.6 Å². The summed E-state index contributed by atoms with van der Waals surface area (Å²) in [5.41, 5.74) is 1.11. The van der Waals surface area contributed by atoms with Crippen LogP contribution in [0.3, 0.4) is 0 Å². The van der Waals surface area contributed by atoms with E-state index in [-0.39, 0.29) is 17.2 Å². The lowest BCUT2D eigenvalue weighted by molar-refractivity contribution is -0.154.